The van der Waals surface area contributed by atoms with E-state index < -0.39 is 17.5 Å². The minimum atomic E-state index is -1.25. The van der Waals surface area contributed by atoms with Gasteiger partial charge in [-0.15, -0.1) is 0 Å². The second-order valence-electron chi connectivity index (χ2n) is 10.1. The Morgan fingerprint density at radius 3 is 2.71 bits per heavy atom. The molecule has 3 atom stereocenters. The van der Waals surface area contributed by atoms with Gasteiger partial charge in [-0.05, 0) is 87.6 Å². The van der Waals surface area contributed by atoms with Gasteiger partial charge in [0, 0.05) is 36.8 Å². The Morgan fingerprint density at radius 1 is 1.16 bits per heavy atom. The molecule has 3 aromatic rings. The molecule has 0 spiro atoms. The van der Waals surface area contributed by atoms with Gasteiger partial charge in [0.25, 0.3) is 0 Å². The number of fused-ring (bicyclic) bond motifs is 1. The van der Waals surface area contributed by atoms with Crippen LogP contribution in [0, 0.1) is 41.1 Å². The molecule has 1 N–H and O–H groups in total. The van der Waals surface area contributed by atoms with Gasteiger partial charge >= 0.3 is 0 Å². The number of likely N-dealkylation sites (tertiary alicyclic amines) is 1. The van der Waals surface area contributed by atoms with E-state index in [0.29, 0.717) is 25.1 Å². The van der Waals surface area contributed by atoms with Crippen LogP contribution >= 0.6 is 0 Å². The number of rotatable bonds is 8. The Bertz CT molecular complexity index is 1320. The van der Waals surface area contributed by atoms with E-state index in [9.17, 15) is 18.3 Å². The van der Waals surface area contributed by atoms with Crippen LogP contribution in [0.1, 0.15) is 36.4 Å². The normalized spacial score (nSPS) is 18.8. The van der Waals surface area contributed by atoms with Gasteiger partial charge in [-0.25, -0.2) is 13.2 Å². The predicted octanol–water partition coefficient (Wildman–Crippen LogP) is 5.03. The van der Waals surface area contributed by atoms with E-state index >= 15 is 0 Å². The van der Waals surface area contributed by atoms with Crippen LogP contribution in [0.5, 0.6) is 5.75 Å². The van der Waals surface area contributed by atoms with Crippen molar-refractivity contribution in [1.29, 1.82) is 0 Å². The molecular formula is C30H34F3N3O2. The highest BCUT2D eigenvalue weighted by Crippen LogP contribution is 2.35. The van der Waals surface area contributed by atoms with E-state index in [1.165, 1.54) is 5.56 Å². The number of aromatic nitrogens is 1. The zero-order valence-electron chi connectivity index (χ0n) is 22.1. The predicted molar refractivity (Wildman–Crippen MR) is 142 cm³/mol. The van der Waals surface area contributed by atoms with E-state index in [2.05, 4.69) is 46.8 Å². The van der Waals surface area contributed by atoms with Crippen molar-refractivity contribution in [3.05, 3.63) is 71.2 Å². The minimum Gasteiger partial charge on any atom is -0.497 e. The van der Waals surface area contributed by atoms with Crippen molar-refractivity contribution in [2.45, 2.75) is 25.3 Å². The number of nitrogens with zero attached hydrogens (tertiary/aromatic N) is 3. The topological polar surface area (TPSA) is 48.8 Å². The van der Waals surface area contributed by atoms with Crippen molar-refractivity contribution < 1.29 is 23.0 Å². The number of benzene rings is 2. The fourth-order valence-electron chi connectivity index (χ4n) is 5.41. The second-order valence-corrected chi connectivity index (χ2v) is 10.1. The SMILES string of the molecule is COc1ccc2nccc([C@@H](CC[C@@H]3CCN(CC#Cc4cc(F)cc(F)c4F)C[C@@H]3CO)N(C)C)c2c1. The summed E-state index contributed by atoms with van der Waals surface area (Å²) < 4.78 is 46.1. The third-order valence-electron chi connectivity index (χ3n) is 7.50. The Labute approximate surface area is 222 Å². The molecule has 0 saturated carbocycles. The summed E-state index contributed by atoms with van der Waals surface area (Å²) in [5.41, 5.74) is 1.85. The molecule has 0 amide bonds. The summed E-state index contributed by atoms with van der Waals surface area (Å²) in [4.78, 5) is 8.84. The van der Waals surface area contributed by atoms with Crippen LogP contribution in [0.3, 0.4) is 0 Å². The first kappa shape index (κ1) is 27.9. The molecule has 1 fully saturated rings. The molecule has 0 unspecified atom stereocenters. The fraction of sp³-hybridized carbons (Fsp3) is 0.433. The Hall–Kier alpha value is -3.12. The van der Waals surface area contributed by atoms with Crippen LogP contribution in [0.15, 0.2) is 42.6 Å². The summed E-state index contributed by atoms with van der Waals surface area (Å²) in [6.07, 6.45) is 4.63. The summed E-state index contributed by atoms with van der Waals surface area (Å²) in [7, 11) is 5.82. The first-order valence-electron chi connectivity index (χ1n) is 12.9. The molecule has 1 saturated heterocycles. The largest absolute Gasteiger partial charge is 0.497 e. The smallest absolute Gasteiger partial charge is 0.174 e. The van der Waals surface area contributed by atoms with Gasteiger partial charge in [-0.3, -0.25) is 9.88 Å². The number of hydrogen-bond acceptors (Lipinski definition) is 5. The number of methoxy groups -OCH3 is 1. The lowest BCUT2D eigenvalue weighted by Gasteiger charge is -2.38. The van der Waals surface area contributed by atoms with Crippen LogP contribution in [0.2, 0.25) is 0 Å². The van der Waals surface area contributed by atoms with Crippen LogP contribution in [0.4, 0.5) is 13.2 Å². The molecule has 2 aromatic carbocycles. The lowest BCUT2D eigenvalue weighted by Crippen LogP contribution is -2.42. The van der Waals surface area contributed by atoms with Crippen LogP contribution in [0.25, 0.3) is 10.9 Å². The molecule has 0 aliphatic carbocycles. The molecule has 0 radical (unpaired) electrons. The molecule has 0 bridgehead atoms. The molecule has 1 aromatic heterocycles. The van der Waals surface area contributed by atoms with Gasteiger partial charge in [0.15, 0.2) is 11.6 Å². The Balaban J connectivity index is 1.41. The zero-order chi connectivity index (χ0) is 27.2. The minimum absolute atomic E-state index is 0.0698. The average molecular weight is 526 g/mol. The van der Waals surface area contributed by atoms with Crippen LogP contribution in [-0.2, 0) is 0 Å². The van der Waals surface area contributed by atoms with Gasteiger partial charge in [0.1, 0.15) is 11.6 Å². The third-order valence-corrected chi connectivity index (χ3v) is 7.50. The number of aliphatic hydroxyl groups excluding tert-OH is 1. The van der Waals surface area contributed by atoms with E-state index in [1.807, 2.05) is 24.4 Å². The molecule has 202 valence electrons. The number of hydrogen-bond donors (Lipinski definition) is 1. The molecule has 8 heteroatoms. The number of piperidine rings is 1. The maximum absolute atomic E-state index is 13.9. The quantitative estimate of drug-likeness (QED) is 0.331. The third kappa shape index (κ3) is 6.47. The zero-order valence-corrected chi connectivity index (χ0v) is 22.1. The van der Waals surface area contributed by atoms with Gasteiger partial charge in [0.05, 0.1) is 24.7 Å². The van der Waals surface area contributed by atoms with Gasteiger partial charge < -0.3 is 14.7 Å². The molecule has 38 heavy (non-hydrogen) atoms. The maximum Gasteiger partial charge on any atom is 0.174 e. The van der Waals surface area contributed by atoms with Gasteiger partial charge in [-0.2, -0.15) is 0 Å². The molecule has 1 aliphatic rings. The van der Waals surface area contributed by atoms with Crippen molar-refractivity contribution in [2.75, 3.05) is 47.4 Å². The maximum atomic E-state index is 13.9. The van der Waals surface area contributed by atoms with Crippen molar-refractivity contribution in [3.8, 4) is 17.6 Å². The number of aliphatic hydroxyl groups is 1. The fourth-order valence-corrected chi connectivity index (χ4v) is 5.41. The summed E-state index contributed by atoms with van der Waals surface area (Å²) in [5.74, 6) is 3.38. The Kier molecular flexibility index (Phi) is 9.26. The first-order chi connectivity index (χ1) is 18.3. The summed E-state index contributed by atoms with van der Waals surface area (Å²) in [6.45, 7) is 1.86. The first-order valence-corrected chi connectivity index (χ1v) is 12.9. The number of ether oxygens (including phenoxy) is 1. The van der Waals surface area contributed by atoms with E-state index in [4.69, 9.17) is 4.74 Å². The molecule has 1 aliphatic heterocycles. The van der Waals surface area contributed by atoms with Crippen molar-refractivity contribution in [2.24, 2.45) is 11.8 Å². The monoisotopic (exact) mass is 525 g/mol. The highest BCUT2D eigenvalue weighted by Gasteiger charge is 2.29. The second kappa shape index (κ2) is 12.6. The lowest BCUT2D eigenvalue weighted by atomic mass is 9.81. The van der Waals surface area contributed by atoms with E-state index in [0.717, 1.165) is 48.5 Å². The molecular weight excluding hydrogens is 491 g/mol. The van der Waals surface area contributed by atoms with Gasteiger partial charge in [0.2, 0.25) is 0 Å². The van der Waals surface area contributed by atoms with Gasteiger partial charge in [-0.1, -0.05) is 11.8 Å². The number of halogens is 3. The highest BCUT2D eigenvalue weighted by molar-refractivity contribution is 5.84. The number of pyridine rings is 1. The average Bonchev–Trinajstić information content (AvgIpc) is 2.91. The molecule has 2 heterocycles. The summed E-state index contributed by atoms with van der Waals surface area (Å²) in [5, 5.41) is 11.2. The highest BCUT2D eigenvalue weighted by atomic mass is 19.2. The standard InChI is InChI=1S/C30H34F3N3O2/c1-35(2)29(25-10-12-34-28-8-7-24(38-3)17-26(25)28)9-6-20-11-14-36(18-22(20)19-37)13-4-5-21-15-23(31)16-27(32)30(21)33/h7-8,10,12,15-17,20,22,29,37H,6,9,11,13-14,18-19H2,1-3H3/t20-,22-,29-/m1/s1. The van der Waals surface area contributed by atoms with Crippen molar-refractivity contribution in [3.63, 3.8) is 0 Å². The van der Waals surface area contributed by atoms with Crippen molar-refractivity contribution in [1.82, 2.24) is 14.8 Å². The molecule has 5 nitrogen and oxygen atoms in total. The van der Waals surface area contributed by atoms with Crippen LogP contribution < -0.4 is 4.74 Å². The van der Waals surface area contributed by atoms with E-state index in [1.54, 1.807) is 7.11 Å². The molecule has 4 rings (SSSR count). The Morgan fingerprint density at radius 2 is 1.97 bits per heavy atom. The summed E-state index contributed by atoms with van der Waals surface area (Å²) >= 11 is 0. The van der Waals surface area contributed by atoms with E-state index in [-0.39, 0.29) is 24.1 Å². The van der Waals surface area contributed by atoms with Crippen molar-refractivity contribution >= 4 is 10.9 Å². The summed E-state index contributed by atoms with van der Waals surface area (Å²) in [6, 6.07) is 9.59. The van der Waals surface area contributed by atoms with Crippen LogP contribution in [-0.4, -0.2) is 67.3 Å². The lowest BCUT2D eigenvalue weighted by molar-refractivity contribution is 0.0707.